The number of methoxy groups -OCH3 is 1. The highest BCUT2D eigenvalue weighted by atomic mass is 19.4. The predicted octanol–water partition coefficient (Wildman–Crippen LogP) is 3.39. The van der Waals surface area contributed by atoms with Crippen LogP contribution in [0.3, 0.4) is 0 Å². The minimum atomic E-state index is -4.45. The summed E-state index contributed by atoms with van der Waals surface area (Å²) in [4.78, 5) is 21.3. The molecule has 0 spiro atoms. The summed E-state index contributed by atoms with van der Waals surface area (Å²) in [5.74, 6) is -1.62. The molecule has 11 heteroatoms. The lowest BCUT2D eigenvalue weighted by Gasteiger charge is -2.38. The van der Waals surface area contributed by atoms with E-state index in [1.165, 1.54) is 30.5 Å². The number of ether oxygens (including phenoxy) is 1. The zero-order chi connectivity index (χ0) is 21.6. The molecule has 1 aromatic carbocycles. The topological polar surface area (TPSA) is 73.1 Å². The van der Waals surface area contributed by atoms with E-state index in [1.807, 2.05) is 0 Å². The van der Waals surface area contributed by atoms with Crippen LogP contribution in [0.15, 0.2) is 43.0 Å². The molecular formula is C19H15F4N5O2. The molecule has 3 heterocycles. The molecule has 0 aliphatic carbocycles. The molecule has 1 aliphatic heterocycles. The Kier molecular flexibility index (Phi) is 4.67. The molecule has 156 valence electrons. The standard InChI is InChI=1S/C19H15F4N5O2/c1-10(20)18(29)27-7-13(8-27)28-16-15(24-9-25-17(16)30-2)14(26-28)11-3-5-12(6-4-11)19(21,22)23/h3-6,9,13H,1,7-8H2,2H3. The second kappa shape index (κ2) is 7.08. The van der Waals surface area contributed by atoms with Crippen molar-refractivity contribution in [2.24, 2.45) is 0 Å². The van der Waals surface area contributed by atoms with Crippen LogP contribution in [-0.2, 0) is 11.0 Å². The molecule has 0 radical (unpaired) electrons. The Labute approximate surface area is 167 Å². The molecule has 1 saturated heterocycles. The summed E-state index contributed by atoms with van der Waals surface area (Å²) < 4.78 is 58.6. The Morgan fingerprint density at radius 2 is 1.87 bits per heavy atom. The third-order valence-corrected chi connectivity index (χ3v) is 4.86. The van der Waals surface area contributed by atoms with Crippen LogP contribution in [0.5, 0.6) is 5.88 Å². The molecule has 1 amide bonds. The molecule has 4 rings (SSSR count). The lowest BCUT2D eigenvalue weighted by molar-refractivity contribution is -0.137. The van der Waals surface area contributed by atoms with Gasteiger partial charge in [0.15, 0.2) is 5.83 Å². The van der Waals surface area contributed by atoms with Gasteiger partial charge in [0.05, 0.1) is 18.7 Å². The van der Waals surface area contributed by atoms with Gasteiger partial charge in [-0.1, -0.05) is 18.7 Å². The van der Waals surface area contributed by atoms with Gasteiger partial charge in [0, 0.05) is 18.7 Å². The van der Waals surface area contributed by atoms with Crippen molar-refractivity contribution in [3.63, 3.8) is 0 Å². The number of fused-ring (bicyclic) bond motifs is 1. The summed E-state index contributed by atoms with van der Waals surface area (Å²) >= 11 is 0. The number of halogens is 4. The van der Waals surface area contributed by atoms with E-state index >= 15 is 0 Å². The molecule has 0 unspecified atom stereocenters. The van der Waals surface area contributed by atoms with Crippen LogP contribution < -0.4 is 4.74 Å². The summed E-state index contributed by atoms with van der Waals surface area (Å²) in [5, 5.41) is 4.52. The minimum absolute atomic E-state index is 0.184. The van der Waals surface area contributed by atoms with Crippen LogP contribution >= 0.6 is 0 Å². The van der Waals surface area contributed by atoms with Crippen LogP contribution in [0.2, 0.25) is 0 Å². The third kappa shape index (κ3) is 3.25. The Bertz CT molecular complexity index is 1130. The van der Waals surface area contributed by atoms with E-state index in [-0.39, 0.29) is 25.0 Å². The molecular weight excluding hydrogens is 406 g/mol. The number of amides is 1. The molecule has 0 N–H and O–H groups in total. The number of carbonyl (C=O) groups is 1. The number of likely N-dealkylation sites (tertiary alicyclic amines) is 1. The fourth-order valence-electron chi connectivity index (χ4n) is 3.32. The summed E-state index contributed by atoms with van der Waals surface area (Å²) in [7, 11) is 1.42. The average Bonchev–Trinajstić information content (AvgIpc) is 3.05. The van der Waals surface area contributed by atoms with Gasteiger partial charge in [-0.05, 0) is 12.1 Å². The second-order valence-electron chi connectivity index (χ2n) is 6.72. The number of hydrogen-bond acceptors (Lipinski definition) is 5. The molecule has 1 fully saturated rings. The zero-order valence-electron chi connectivity index (χ0n) is 15.6. The van der Waals surface area contributed by atoms with E-state index in [9.17, 15) is 22.4 Å². The SMILES string of the molecule is C=C(F)C(=O)N1CC(n2nc(-c3ccc(C(F)(F)F)cc3)c3ncnc(OC)c32)C1. The van der Waals surface area contributed by atoms with Crippen molar-refractivity contribution in [3.05, 3.63) is 48.6 Å². The van der Waals surface area contributed by atoms with Crippen molar-refractivity contribution in [1.82, 2.24) is 24.6 Å². The summed E-state index contributed by atoms with van der Waals surface area (Å²) in [5.41, 5.74) is 0.824. The number of hydrogen-bond donors (Lipinski definition) is 0. The molecule has 0 saturated carbocycles. The number of alkyl halides is 3. The highest BCUT2D eigenvalue weighted by Gasteiger charge is 2.36. The van der Waals surface area contributed by atoms with Crippen molar-refractivity contribution < 1.29 is 27.1 Å². The van der Waals surface area contributed by atoms with Crippen LogP contribution in [0, 0.1) is 0 Å². The van der Waals surface area contributed by atoms with Gasteiger partial charge in [0.2, 0.25) is 5.88 Å². The van der Waals surface area contributed by atoms with Gasteiger partial charge in [0.1, 0.15) is 23.1 Å². The lowest BCUT2D eigenvalue weighted by Crippen LogP contribution is -2.51. The molecule has 3 aromatic rings. The summed E-state index contributed by atoms with van der Waals surface area (Å²) in [6, 6.07) is 4.25. The highest BCUT2D eigenvalue weighted by molar-refractivity contribution is 5.93. The van der Waals surface area contributed by atoms with E-state index in [1.54, 1.807) is 4.68 Å². The summed E-state index contributed by atoms with van der Waals surface area (Å²) in [6.45, 7) is 3.37. The van der Waals surface area contributed by atoms with Crippen molar-refractivity contribution >= 4 is 16.9 Å². The Morgan fingerprint density at radius 1 is 1.20 bits per heavy atom. The minimum Gasteiger partial charge on any atom is -0.479 e. The smallest absolute Gasteiger partial charge is 0.416 e. The van der Waals surface area contributed by atoms with Crippen LogP contribution in [0.1, 0.15) is 11.6 Å². The average molecular weight is 421 g/mol. The van der Waals surface area contributed by atoms with Gasteiger partial charge >= 0.3 is 6.18 Å². The summed E-state index contributed by atoms with van der Waals surface area (Å²) in [6.07, 6.45) is -3.18. The number of benzene rings is 1. The molecule has 2 aromatic heterocycles. The molecule has 0 atom stereocenters. The van der Waals surface area contributed by atoms with Crippen LogP contribution in [0.25, 0.3) is 22.3 Å². The molecule has 30 heavy (non-hydrogen) atoms. The van der Waals surface area contributed by atoms with Crippen LogP contribution in [0.4, 0.5) is 17.6 Å². The quantitative estimate of drug-likeness (QED) is 0.477. The van der Waals surface area contributed by atoms with Gasteiger partial charge in [-0.3, -0.25) is 9.48 Å². The van der Waals surface area contributed by atoms with E-state index in [2.05, 4.69) is 21.6 Å². The normalized spacial score (nSPS) is 14.6. The van der Waals surface area contributed by atoms with Crippen molar-refractivity contribution in [2.45, 2.75) is 12.2 Å². The second-order valence-corrected chi connectivity index (χ2v) is 6.72. The number of aromatic nitrogens is 4. The first-order valence-corrected chi connectivity index (χ1v) is 8.79. The van der Waals surface area contributed by atoms with Crippen molar-refractivity contribution in [3.8, 4) is 17.1 Å². The van der Waals surface area contributed by atoms with Gasteiger partial charge in [-0.25, -0.2) is 9.37 Å². The highest BCUT2D eigenvalue weighted by Crippen LogP contribution is 2.36. The maximum Gasteiger partial charge on any atom is 0.416 e. The maximum absolute atomic E-state index is 13.1. The maximum atomic E-state index is 13.1. The van der Waals surface area contributed by atoms with Gasteiger partial charge in [-0.2, -0.15) is 23.3 Å². The largest absolute Gasteiger partial charge is 0.479 e. The number of nitrogens with zero attached hydrogens (tertiary/aromatic N) is 5. The van der Waals surface area contributed by atoms with Gasteiger partial charge < -0.3 is 9.64 Å². The van der Waals surface area contributed by atoms with Crippen molar-refractivity contribution in [1.29, 1.82) is 0 Å². The van der Waals surface area contributed by atoms with E-state index in [0.717, 1.165) is 12.1 Å². The van der Waals surface area contributed by atoms with Gasteiger partial charge in [-0.15, -0.1) is 0 Å². The molecule has 7 nitrogen and oxygen atoms in total. The zero-order valence-corrected chi connectivity index (χ0v) is 15.6. The number of rotatable bonds is 4. The van der Waals surface area contributed by atoms with E-state index in [4.69, 9.17) is 4.74 Å². The van der Waals surface area contributed by atoms with Gasteiger partial charge in [0.25, 0.3) is 5.91 Å². The Hall–Kier alpha value is -3.50. The Morgan fingerprint density at radius 3 is 2.43 bits per heavy atom. The Balaban J connectivity index is 1.76. The van der Waals surface area contributed by atoms with Crippen LogP contribution in [-0.4, -0.2) is 50.8 Å². The number of carbonyl (C=O) groups excluding carboxylic acids is 1. The first-order valence-electron chi connectivity index (χ1n) is 8.79. The van der Waals surface area contributed by atoms with E-state index in [0.29, 0.717) is 22.3 Å². The fourth-order valence-corrected chi connectivity index (χ4v) is 3.32. The molecule has 1 aliphatic rings. The van der Waals surface area contributed by atoms with Crippen molar-refractivity contribution in [2.75, 3.05) is 20.2 Å². The first kappa shape index (κ1) is 19.8. The first-order chi connectivity index (χ1) is 14.2. The third-order valence-electron chi connectivity index (χ3n) is 4.86. The molecule has 0 bridgehead atoms. The lowest BCUT2D eigenvalue weighted by atomic mass is 10.1. The fraction of sp³-hybridized carbons (Fsp3) is 0.263. The predicted molar refractivity (Wildman–Crippen MR) is 98.2 cm³/mol. The van der Waals surface area contributed by atoms with E-state index < -0.39 is 23.5 Å². The monoisotopic (exact) mass is 421 g/mol.